The van der Waals surface area contributed by atoms with E-state index in [1.165, 1.54) is 5.54 Å². The Morgan fingerprint density at radius 2 is 1.58 bits per heavy atom. The zero-order valence-electron chi connectivity index (χ0n) is 7.08. The Morgan fingerprint density at radius 3 is 1.92 bits per heavy atom. The van der Waals surface area contributed by atoms with E-state index >= 15 is 0 Å². The van der Waals surface area contributed by atoms with Crippen molar-refractivity contribution in [2.45, 2.75) is 0 Å². The van der Waals surface area contributed by atoms with Crippen molar-refractivity contribution in [1.82, 2.24) is 4.90 Å². The molecular weight excluding hydrogens is 193 g/mol. The summed E-state index contributed by atoms with van der Waals surface area (Å²) >= 11 is 5.39. The number of hydrogen-bond acceptors (Lipinski definition) is 1. The second-order valence-electron chi connectivity index (χ2n) is 2.16. The molecule has 0 rings (SSSR count). The van der Waals surface area contributed by atoms with Gasteiger partial charge in [-0.05, 0) is 0 Å². The van der Waals surface area contributed by atoms with Gasteiger partial charge in [0.25, 0.3) is 0 Å². The Kier molecular flexibility index (Phi) is 12.8. The lowest BCUT2D eigenvalue weighted by atomic mass is 10.4. The SMILES string of the molecule is C=CCN(CC=C)CC=CCl.Cl. The fraction of sp³-hybridized carbons (Fsp3) is 0.333. The summed E-state index contributed by atoms with van der Waals surface area (Å²) in [6.07, 6.45) is 5.63. The zero-order chi connectivity index (χ0) is 8.53. The molecule has 1 nitrogen and oxygen atoms in total. The van der Waals surface area contributed by atoms with Crippen LogP contribution in [0.4, 0.5) is 0 Å². The molecule has 0 saturated carbocycles. The van der Waals surface area contributed by atoms with Crippen LogP contribution >= 0.6 is 24.0 Å². The lowest BCUT2D eigenvalue weighted by molar-refractivity contribution is 0.373. The van der Waals surface area contributed by atoms with Crippen LogP contribution in [-0.4, -0.2) is 24.5 Å². The number of halogens is 2. The van der Waals surface area contributed by atoms with Gasteiger partial charge in [0.1, 0.15) is 0 Å². The lowest BCUT2D eigenvalue weighted by Gasteiger charge is -2.15. The van der Waals surface area contributed by atoms with Gasteiger partial charge in [-0.3, -0.25) is 4.90 Å². The summed E-state index contributed by atoms with van der Waals surface area (Å²) in [6.45, 7) is 9.90. The van der Waals surface area contributed by atoms with Crippen LogP contribution < -0.4 is 0 Å². The van der Waals surface area contributed by atoms with Crippen molar-refractivity contribution in [2.24, 2.45) is 0 Å². The van der Waals surface area contributed by atoms with Crippen LogP contribution in [-0.2, 0) is 0 Å². The van der Waals surface area contributed by atoms with Crippen molar-refractivity contribution >= 4 is 24.0 Å². The maximum Gasteiger partial charge on any atom is 0.0181 e. The van der Waals surface area contributed by atoms with Crippen molar-refractivity contribution in [1.29, 1.82) is 0 Å². The van der Waals surface area contributed by atoms with Crippen molar-refractivity contribution in [3.05, 3.63) is 36.9 Å². The summed E-state index contributed by atoms with van der Waals surface area (Å²) in [5.74, 6) is 0. The number of nitrogens with zero attached hydrogens (tertiary/aromatic N) is 1. The Balaban J connectivity index is 0. The smallest absolute Gasteiger partial charge is 0.0181 e. The van der Waals surface area contributed by atoms with Gasteiger partial charge < -0.3 is 0 Å². The van der Waals surface area contributed by atoms with Gasteiger partial charge in [0.2, 0.25) is 0 Å². The standard InChI is InChI=1S/C9H14ClN.ClH/c1-3-7-11(8-4-2)9-5-6-10;/h3-6H,1-2,7-9H2;1H. The fourth-order valence-corrected chi connectivity index (χ4v) is 0.857. The van der Waals surface area contributed by atoms with Gasteiger partial charge in [-0.2, -0.15) is 0 Å². The average molecular weight is 208 g/mol. The Labute approximate surface area is 85.8 Å². The van der Waals surface area contributed by atoms with Gasteiger partial charge in [0.05, 0.1) is 0 Å². The molecule has 0 aliphatic carbocycles. The molecule has 0 amide bonds. The van der Waals surface area contributed by atoms with Crippen LogP contribution in [0.2, 0.25) is 0 Å². The van der Waals surface area contributed by atoms with E-state index < -0.39 is 0 Å². The van der Waals surface area contributed by atoms with E-state index in [0.29, 0.717) is 0 Å². The van der Waals surface area contributed by atoms with E-state index in [2.05, 4.69) is 18.1 Å². The Hall–Kier alpha value is -0.240. The summed E-state index contributed by atoms with van der Waals surface area (Å²) in [6, 6.07) is 0. The summed E-state index contributed by atoms with van der Waals surface area (Å²) < 4.78 is 0. The van der Waals surface area contributed by atoms with E-state index in [9.17, 15) is 0 Å². The quantitative estimate of drug-likeness (QED) is 0.606. The molecule has 0 radical (unpaired) electrons. The molecule has 12 heavy (non-hydrogen) atoms. The molecule has 0 heterocycles. The molecule has 0 aromatic heterocycles. The molecule has 0 atom stereocenters. The van der Waals surface area contributed by atoms with Crippen molar-refractivity contribution < 1.29 is 0 Å². The third-order valence-electron chi connectivity index (χ3n) is 1.23. The largest absolute Gasteiger partial charge is 0.292 e. The first kappa shape index (κ1) is 14.3. The van der Waals surface area contributed by atoms with E-state index in [1.54, 1.807) is 0 Å². The molecule has 0 aromatic carbocycles. The van der Waals surface area contributed by atoms with Gasteiger partial charge in [0, 0.05) is 25.2 Å². The highest BCUT2D eigenvalue weighted by molar-refractivity contribution is 6.25. The van der Waals surface area contributed by atoms with E-state index in [-0.39, 0.29) is 12.4 Å². The first-order valence-electron chi connectivity index (χ1n) is 3.54. The predicted molar refractivity (Wildman–Crippen MR) is 59.1 cm³/mol. The second-order valence-corrected chi connectivity index (χ2v) is 2.41. The van der Waals surface area contributed by atoms with Crippen molar-refractivity contribution in [3.63, 3.8) is 0 Å². The normalized spacial score (nSPS) is 9.83. The van der Waals surface area contributed by atoms with Gasteiger partial charge in [0.15, 0.2) is 0 Å². The Bertz CT molecular complexity index is 133. The van der Waals surface area contributed by atoms with E-state index in [0.717, 1.165) is 19.6 Å². The van der Waals surface area contributed by atoms with Crippen LogP contribution in [0.25, 0.3) is 0 Å². The van der Waals surface area contributed by atoms with Crippen LogP contribution in [0.15, 0.2) is 36.9 Å². The summed E-state index contributed by atoms with van der Waals surface area (Å²) in [5, 5.41) is 0. The molecule has 70 valence electrons. The van der Waals surface area contributed by atoms with Gasteiger partial charge in [-0.25, -0.2) is 0 Å². The number of hydrogen-bond donors (Lipinski definition) is 0. The molecule has 0 N–H and O–H groups in total. The topological polar surface area (TPSA) is 3.24 Å². The zero-order valence-corrected chi connectivity index (χ0v) is 8.65. The molecular formula is C9H15Cl2N. The third kappa shape index (κ3) is 7.86. The Morgan fingerprint density at radius 1 is 1.08 bits per heavy atom. The maximum absolute atomic E-state index is 5.39. The highest BCUT2D eigenvalue weighted by Gasteiger charge is 1.94. The fourth-order valence-electron chi connectivity index (χ4n) is 0.778. The minimum Gasteiger partial charge on any atom is -0.292 e. The van der Waals surface area contributed by atoms with E-state index in [4.69, 9.17) is 11.6 Å². The van der Waals surface area contributed by atoms with Crippen LogP contribution in [0.3, 0.4) is 0 Å². The minimum absolute atomic E-state index is 0. The average Bonchev–Trinajstić information content (AvgIpc) is 2.01. The van der Waals surface area contributed by atoms with Crippen LogP contribution in [0.1, 0.15) is 0 Å². The highest BCUT2D eigenvalue weighted by atomic mass is 35.5. The number of rotatable bonds is 6. The molecule has 0 bridgehead atoms. The molecule has 0 aromatic rings. The third-order valence-corrected chi connectivity index (χ3v) is 1.41. The van der Waals surface area contributed by atoms with E-state index in [1.807, 2.05) is 18.2 Å². The molecule has 0 saturated heterocycles. The molecule has 3 heteroatoms. The molecule has 0 aliphatic rings. The van der Waals surface area contributed by atoms with Crippen LogP contribution in [0, 0.1) is 0 Å². The van der Waals surface area contributed by atoms with Crippen molar-refractivity contribution in [3.8, 4) is 0 Å². The molecule has 0 fully saturated rings. The summed E-state index contributed by atoms with van der Waals surface area (Å²) in [7, 11) is 0. The molecule has 0 aliphatic heterocycles. The summed E-state index contributed by atoms with van der Waals surface area (Å²) in [4.78, 5) is 2.17. The van der Waals surface area contributed by atoms with Crippen LogP contribution in [0.5, 0.6) is 0 Å². The first-order chi connectivity index (χ1) is 5.35. The molecule has 0 unspecified atom stereocenters. The second kappa shape index (κ2) is 10.8. The first-order valence-corrected chi connectivity index (χ1v) is 3.98. The predicted octanol–water partition coefficient (Wildman–Crippen LogP) is 2.83. The van der Waals surface area contributed by atoms with Gasteiger partial charge >= 0.3 is 0 Å². The van der Waals surface area contributed by atoms with Crippen molar-refractivity contribution in [2.75, 3.05) is 19.6 Å². The minimum atomic E-state index is 0. The maximum atomic E-state index is 5.39. The monoisotopic (exact) mass is 207 g/mol. The molecule has 0 spiro atoms. The lowest BCUT2D eigenvalue weighted by Crippen LogP contribution is -2.23. The summed E-state index contributed by atoms with van der Waals surface area (Å²) in [5.41, 5.74) is 1.53. The highest BCUT2D eigenvalue weighted by Crippen LogP contribution is 1.90. The van der Waals surface area contributed by atoms with Gasteiger partial charge in [-0.15, -0.1) is 25.6 Å². The van der Waals surface area contributed by atoms with Gasteiger partial charge in [-0.1, -0.05) is 29.8 Å².